The van der Waals surface area contributed by atoms with Gasteiger partial charge in [-0.05, 0) is 6.92 Å². The van der Waals surface area contributed by atoms with Crippen molar-refractivity contribution in [2.75, 3.05) is 0 Å². The van der Waals surface area contributed by atoms with Crippen molar-refractivity contribution in [3.8, 4) is 0 Å². The summed E-state index contributed by atoms with van der Waals surface area (Å²) in [5.74, 6) is 0.689. The Balaban J connectivity index is 2.83. The van der Waals surface area contributed by atoms with E-state index in [9.17, 15) is 0 Å². The second kappa shape index (κ2) is 1.79. The number of aryl methyl sites for hydroxylation is 2. The number of fused-ring (bicyclic) bond motifs is 1. The molecule has 2 aromatic rings. The smallest absolute Gasteiger partial charge is 0.229 e. The molecule has 52 valence electrons. The molecule has 0 bridgehead atoms. The fourth-order valence-electron chi connectivity index (χ4n) is 0.841. The summed E-state index contributed by atoms with van der Waals surface area (Å²) in [5.41, 5.74) is 0.736. The van der Waals surface area contributed by atoms with Crippen LogP contribution in [0.1, 0.15) is 10.9 Å². The van der Waals surface area contributed by atoms with E-state index in [1.807, 2.05) is 13.8 Å². The highest BCUT2D eigenvalue weighted by molar-refractivity contribution is 7.17. The van der Waals surface area contributed by atoms with E-state index in [0.29, 0.717) is 5.89 Å². The Bertz CT molecular complexity index is 300. The molecule has 0 N–H and O–H groups in total. The zero-order chi connectivity index (χ0) is 7.14. The van der Waals surface area contributed by atoms with Gasteiger partial charge < -0.3 is 4.42 Å². The van der Waals surface area contributed by atoms with E-state index in [1.165, 1.54) is 11.3 Å². The molecule has 0 fully saturated rings. The summed E-state index contributed by atoms with van der Waals surface area (Å²) in [4.78, 5) is 9.04. The summed E-state index contributed by atoms with van der Waals surface area (Å²) in [5, 5.41) is 1.00. The molecule has 0 atom stereocenters. The summed E-state index contributed by atoms with van der Waals surface area (Å²) in [6.45, 7) is 3.76. The van der Waals surface area contributed by atoms with Crippen LogP contribution in [0.25, 0.3) is 10.5 Å². The number of hydrogen-bond donors (Lipinski definition) is 0. The van der Waals surface area contributed by atoms with Gasteiger partial charge in [-0.3, -0.25) is 0 Å². The molecule has 0 unspecified atom stereocenters. The van der Waals surface area contributed by atoms with E-state index >= 15 is 0 Å². The average Bonchev–Trinajstić information content (AvgIpc) is 2.21. The largest absolute Gasteiger partial charge is 0.428 e. The molecular weight excluding hydrogens is 148 g/mol. The van der Waals surface area contributed by atoms with Crippen LogP contribution >= 0.6 is 11.3 Å². The monoisotopic (exact) mass is 154 g/mol. The third kappa shape index (κ3) is 0.724. The van der Waals surface area contributed by atoms with E-state index in [2.05, 4.69) is 9.97 Å². The maximum absolute atomic E-state index is 5.23. The van der Waals surface area contributed by atoms with Gasteiger partial charge in [-0.15, -0.1) is 0 Å². The summed E-state index contributed by atoms with van der Waals surface area (Å²) in [6.07, 6.45) is 0. The standard InChI is InChI=1S/C6H6N2OS/c1-3-7-5-6(9-3)10-4(2)8-5/h1-2H3. The Morgan fingerprint density at radius 2 is 2.10 bits per heavy atom. The van der Waals surface area contributed by atoms with E-state index in [-0.39, 0.29) is 0 Å². The lowest BCUT2D eigenvalue weighted by Gasteiger charge is -1.74. The van der Waals surface area contributed by atoms with E-state index in [0.717, 1.165) is 15.6 Å². The van der Waals surface area contributed by atoms with Gasteiger partial charge in [0, 0.05) is 6.92 Å². The lowest BCUT2D eigenvalue weighted by atomic mass is 10.8. The molecule has 3 nitrogen and oxygen atoms in total. The van der Waals surface area contributed by atoms with Gasteiger partial charge in [-0.1, -0.05) is 11.3 Å². The zero-order valence-electron chi connectivity index (χ0n) is 5.71. The van der Waals surface area contributed by atoms with Crippen LogP contribution in [0.5, 0.6) is 0 Å². The fourth-order valence-corrected chi connectivity index (χ4v) is 1.59. The highest BCUT2D eigenvalue weighted by Crippen LogP contribution is 2.21. The minimum atomic E-state index is 0.689. The van der Waals surface area contributed by atoms with Crippen LogP contribution in [0.2, 0.25) is 0 Å². The molecule has 0 amide bonds. The number of nitrogens with zero attached hydrogens (tertiary/aromatic N) is 2. The second-order valence-corrected chi connectivity index (χ2v) is 3.24. The Morgan fingerprint density at radius 3 is 2.80 bits per heavy atom. The first-order valence-electron chi connectivity index (χ1n) is 2.96. The lowest BCUT2D eigenvalue weighted by molar-refractivity contribution is 0.567. The second-order valence-electron chi connectivity index (χ2n) is 2.08. The van der Waals surface area contributed by atoms with Crippen LogP contribution in [-0.2, 0) is 0 Å². The van der Waals surface area contributed by atoms with Crippen molar-refractivity contribution in [3.63, 3.8) is 0 Å². The van der Waals surface area contributed by atoms with Crippen LogP contribution < -0.4 is 0 Å². The first-order valence-corrected chi connectivity index (χ1v) is 3.78. The molecule has 0 radical (unpaired) electrons. The third-order valence-electron chi connectivity index (χ3n) is 1.19. The van der Waals surface area contributed by atoms with Crippen molar-refractivity contribution in [1.82, 2.24) is 9.97 Å². The minimum absolute atomic E-state index is 0.689. The van der Waals surface area contributed by atoms with Crippen molar-refractivity contribution < 1.29 is 4.42 Å². The molecule has 4 heteroatoms. The van der Waals surface area contributed by atoms with Crippen molar-refractivity contribution in [1.29, 1.82) is 0 Å². The number of aromatic nitrogens is 2. The maximum atomic E-state index is 5.23. The predicted octanol–water partition coefficient (Wildman–Crippen LogP) is 1.90. The van der Waals surface area contributed by atoms with Gasteiger partial charge in [0.1, 0.15) is 0 Å². The fraction of sp³-hybridized carbons (Fsp3) is 0.333. The summed E-state index contributed by atoms with van der Waals surface area (Å²) in [6, 6.07) is 0. The highest BCUT2D eigenvalue weighted by Gasteiger charge is 2.05. The van der Waals surface area contributed by atoms with Gasteiger partial charge in [0.25, 0.3) is 0 Å². The molecular formula is C6H6N2OS. The van der Waals surface area contributed by atoms with Crippen LogP contribution in [0, 0.1) is 13.8 Å². The van der Waals surface area contributed by atoms with Crippen molar-refractivity contribution in [2.24, 2.45) is 0 Å². The number of oxazole rings is 1. The first-order chi connectivity index (χ1) is 4.75. The summed E-state index contributed by atoms with van der Waals surface area (Å²) >= 11 is 1.53. The van der Waals surface area contributed by atoms with Gasteiger partial charge in [0.2, 0.25) is 10.5 Å². The van der Waals surface area contributed by atoms with Gasteiger partial charge >= 0.3 is 0 Å². The highest BCUT2D eigenvalue weighted by atomic mass is 32.1. The van der Waals surface area contributed by atoms with Crippen molar-refractivity contribution >= 4 is 21.9 Å². The normalized spacial score (nSPS) is 11.0. The van der Waals surface area contributed by atoms with Crippen LogP contribution in [0.3, 0.4) is 0 Å². The Hall–Kier alpha value is -0.900. The molecule has 0 saturated heterocycles. The molecule has 10 heavy (non-hydrogen) atoms. The van der Waals surface area contributed by atoms with E-state index < -0.39 is 0 Å². The van der Waals surface area contributed by atoms with Gasteiger partial charge in [-0.2, -0.15) is 4.98 Å². The Morgan fingerprint density at radius 1 is 1.30 bits per heavy atom. The van der Waals surface area contributed by atoms with Crippen LogP contribution in [0.4, 0.5) is 0 Å². The number of rotatable bonds is 0. The molecule has 0 aliphatic rings. The van der Waals surface area contributed by atoms with E-state index in [1.54, 1.807) is 0 Å². The topological polar surface area (TPSA) is 38.9 Å². The van der Waals surface area contributed by atoms with Crippen LogP contribution in [0.15, 0.2) is 4.42 Å². The average molecular weight is 154 g/mol. The molecule has 0 spiro atoms. The van der Waals surface area contributed by atoms with E-state index in [4.69, 9.17) is 4.42 Å². The Kier molecular flexibility index (Phi) is 1.05. The zero-order valence-corrected chi connectivity index (χ0v) is 6.53. The number of thiazole rings is 1. The predicted molar refractivity (Wildman–Crippen MR) is 39.2 cm³/mol. The SMILES string of the molecule is Cc1nc2nc(C)sc2o1. The summed E-state index contributed by atoms with van der Waals surface area (Å²) in [7, 11) is 0. The molecule has 0 aromatic carbocycles. The quantitative estimate of drug-likeness (QED) is 0.581. The third-order valence-corrected chi connectivity index (χ3v) is 2.03. The van der Waals surface area contributed by atoms with Crippen LogP contribution in [-0.4, -0.2) is 9.97 Å². The minimum Gasteiger partial charge on any atom is -0.428 e. The van der Waals surface area contributed by atoms with Gasteiger partial charge in [0.15, 0.2) is 5.89 Å². The van der Waals surface area contributed by atoms with Crippen molar-refractivity contribution in [2.45, 2.75) is 13.8 Å². The molecule has 2 heterocycles. The molecule has 0 aliphatic heterocycles. The Labute approximate surface area is 61.7 Å². The lowest BCUT2D eigenvalue weighted by Crippen LogP contribution is -1.70. The molecule has 0 saturated carbocycles. The first kappa shape index (κ1) is 5.85. The van der Waals surface area contributed by atoms with Crippen molar-refractivity contribution in [3.05, 3.63) is 10.9 Å². The number of hydrogen-bond acceptors (Lipinski definition) is 4. The molecule has 0 aliphatic carbocycles. The molecule has 2 rings (SSSR count). The molecule has 2 aromatic heterocycles. The van der Waals surface area contributed by atoms with Gasteiger partial charge in [0.05, 0.1) is 5.01 Å². The maximum Gasteiger partial charge on any atom is 0.229 e. The summed E-state index contributed by atoms with van der Waals surface area (Å²) < 4.78 is 5.23. The van der Waals surface area contributed by atoms with Gasteiger partial charge in [-0.25, -0.2) is 4.98 Å².